The molecule has 1 atom stereocenters. The number of piperazine rings is 1. The Morgan fingerprint density at radius 1 is 0.978 bits per heavy atom. The molecule has 0 saturated carbocycles. The van der Waals surface area contributed by atoms with E-state index in [9.17, 15) is 19.2 Å². The maximum absolute atomic E-state index is 12.5. The number of nitrogens with one attached hydrogen (secondary N) is 1. The van der Waals surface area contributed by atoms with Crippen molar-refractivity contribution < 1.29 is 19.2 Å². The number of amides is 2. The second-order valence-corrected chi connectivity index (χ2v) is 12.6. The van der Waals surface area contributed by atoms with Gasteiger partial charge in [-0.25, -0.2) is 0 Å². The fourth-order valence-corrected chi connectivity index (χ4v) is 6.25. The SMILES string of the molecule is CCCCCCC(=O)c1ccc(N2CCN(CCCCCC#Cc3ccc(C=O)c(CN(C)C4CCC(=O)NC4=O)c3)CC2)cc1. The third kappa shape index (κ3) is 10.6. The number of piperidine rings is 1. The molecule has 2 aromatic carbocycles. The summed E-state index contributed by atoms with van der Waals surface area (Å²) in [6.07, 6.45) is 11.0. The molecule has 0 aromatic heterocycles. The molecular formula is C38H50N4O4. The van der Waals surface area contributed by atoms with Gasteiger partial charge in [0.25, 0.3) is 0 Å². The molecule has 46 heavy (non-hydrogen) atoms. The highest BCUT2D eigenvalue weighted by molar-refractivity contribution is 6.00. The number of hydrogen-bond acceptors (Lipinski definition) is 7. The summed E-state index contributed by atoms with van der Waals surface area (Å²) in [6.45, 7) is 7.83. The summed E-state index contributed by atoms with van der Waals surface area (Å²) in [6, 6.07) is 13.4. The first-order chi connectivity index (χ1) is 22.4. The molecule has 8 heteroatoms. The van der Waals surface area contributed by atoms with Crippen molar-refractivity contribution in [3.05, 3.63) is 64.7 Å². The van der Waals surface area contributed by atoms with Crippen LogP contribution >= 0.6 is 0 Å². The number of unbranched alkanes of at least 4 members (excludes halogenated alkanes) is 6. The van der Waals surface area contributed by atoms with Gasteiger partial charge in [0.2, 0.25) is 11.8 Å². The number of hydrogen-bond donors (Lipinski definition) is 1. The average molecular weight is 627 g/mol. The molecule has 8 nitrogen and oxygen atoms in total. The van der Waals surface area contributed by atoms with Gasteiger partial charge in [0.1, 0.15) is 6.29 Å². The minimum absolute atomic E-state index is 0.236. The van der Waals surface area contributed by atoms with E-state index in [1.54, 1.807) is 6.07 Å². The lowest BCUT2D eigenvalue weighted by atomic mass is 10.0. The normalized spacial score (nSPS) is 17.0. The summed E-state index contributed by atoms with van der Waals surface area (Å²) < 4.78 is 0. The number of ketones is 1. The molecule has 0 spiro atoms. The van der Waals surface area contributed by atoms with Crippen molar-refractivity contribution >= 4 is 29.6 Å². The van der Waals surface area contributed by atoms with Crippen LogP contribution in [0.4, 0.5) is 5.69 Å². The molecule has 0 aliphatic carbocycles. The van der Waals surface area contributed by atoms with Gasteiger partial charge in [0.15, 0.2) is 5.78 Å². The molecule has 2 heterocycles. The molecule has 246 valence electrons. The van der Waals surface area contributed by atoms with E-state index in [0.29, 0.717) is 31.4 Å². The molecule has 2 amide bonds. The Morgan fingerprint density at radius 3 is 2.46 bits per heavy atom. The standard InChI is InChI=1S/C38H50N4O4/c1-3-4-5-10-13-36(44)31-16-18-34(19-17-31)42-25-23-41(24-26-42)22-11-8-6-7-9-12-30-14-15-32(29-43)33(27-30)28-40(2)35-20-21-37(45)39-38(35)46/h14-19,27,29,35H,3-8,10-11,13,20-26,28H2,1-2H3,(H,39,45,46). The van der Waals surface area contributed by atoms with Crippen LogP contribution in [0.5, 0.6) is 0 Å². The molecule has 2 saturated heterocycles. The molecule has 2 fully saturated rings. The predicted molar refractivity (Wildman–Crippen MR) is 183 cm³/mol. The van der Waals surface area contributed by atoms with E-state index in [4.69, 9.17) is 0 Å². The smallest absolute Gasteiger partial charge is 0.243 e. The van der Waals surface area contributed by atoms with Crippen molar-refractivity contribution in [3.8, 4) is 11.8 Å². The van der Waals surface area contributed by atoms with Crippen molar-refractivity contribution in [1.29, 1.82) is 0 Å². The molecule has 0 radical (unpaired) electrons. The van der Waals surface area contributed by atoms with Gasteiger partial charge in [-0.3, -0.25) is 34.3 Å². The highest BCUT2D eigenvalue weighted by Gasteiger charge is 2.30. The Balaban J connectivity index is 1.13. The zero-order valence-electron chi connectivity index (χ0n) is 27.7. The van der Waals surface area contributed by atoms with Crippen molar-refractivity contribution in [2.24, 2.45) is 0 Å². The number of likely N-dealkylation sites (N-methyl/N-ethyl adjacent to an activating group) is 1. The Bertz CT molecular complexity index is 1390. The second-order valence-electron chi connectivity index (χ2n) is 12.6. The number of carbonyl (C=O) groups excluding carboxylic acids is 4. The first kappa shape index (κ1) is 35.1. The van der Waals surface area contributed by atoms with Gasteiger partial charge in [-0.1, -0.05) is 50.5 Å². The minimum atomic E-state index is -0.393. The second kappa shape index (κ2) is 18.4. The zero-order valence-corrected chi connectivity index (χ0v) is 27.7. The first-order valence-electron chi connectivity index (χ1n) is 17.1. The van der Waals surface area contributed by atoms with Crippen LogP contribution in [-0.4, -0.2) is 79.5 Å². The lowest BCUT2D eigenvalue weighted by molar-refractivity contribution is -0.137. The maximum atomic E-state index is 12.5. The molecule has 2 aliphatic heterocycles. The molecule has 1 unspecified atom stereocenters. The van der Waals surface area contributed by atoms with Gasteiger partial charge in [-0.15, -0.1) is 0 Å². The zero-order chi connectivity index (χ0) is 32.7. The summed E-state index contributed by atoms with van der Waals surface area (Å²) in [5, 5.41) is 2.40. The summed E-state index contributed by atoms with van der Waals surface area (Å²) >= 11 is 0. The van der Waals surface area contributed by atoms with E-state index >= 15 is 0 Å². The molecule has 1 N–H and O–H groups in total. The van der Waals surface area contributed by atoms with E-state index in [-0.39, 0.29) is 17.6 Å². The number of carbonyl (C=O) groups is 4. The van der Waals surface area contributed by atoms with Crippen LogP contribution in [0.25, 0.3) is 0 Å². The van der Waals surface area contributed by atoms with Gasteiger partial charge >= 0.3 is 0 Å². The van der Waals surface area contributed by atoms with Crippen LogP contribution < -0.4 is 10.2 Å². The fraction of sp³-hybridized carbons (Fsp3) is 0.526. The van der Waals surface area contributed by atoms with Gasteiger partial charge < -0.3 is 4.90 Å². The molecule has 2 aliphatic rings. The molecule has 4 rings (SSSR count). The quantitative estimate of drug-likeness (QED) is 0.0850. The lowest BCUT2D eigenvalue weighted by Crippen LogP contribution is -2.51. The summed E-state index contributed by atoms with van der Waals surface area (Å²) in [5.41, 5.74) is 4.31. The maximum Gasteiger partial charge on any atom is 0.243 e. The predicted octanol–water partition coefficient (Wildman–Crippen LogP) is 5.62. The van der Waals surface area contributed by atoms with E-state index in [2.05, 4.69) is 46.0 Å². The van der Waals surface area contributed by atoms with E-state index in [0.717, 1.165) is 94.2 Å². The van der Waals surface area contributed by atoms with Crippen LogP contribution in [-0.2, 0) is 16.1 Å². The summed E-state index contributed by atoms with van der Waals surface area (Å²) in [5.74, 6) is 6.27. The summed E-state index contributed by atoms with van der Waals surface area (Å²) in [7, 11) is 1.84. The number of aldehydes is 1. The lowest BCUT2D eigenvalue weighted by Gasteiger charge is -2.36. The number of nitrogens with zero attached hydrogens (tertiary/aromatic N) is 3. The monoisotopic (exact) mass is 626 g/mol. The summed E-state index contributed by atoms with van der Waals surface area (Å²) in [4.78, 5) is 54.7. The molecular weight excluding hydrogens is 576 g/mol. The highest BCUT2D eigenvalue weighted by Crippen LogP contribution is 2.20. The fourth-order valence-electron chi connectivity index (χ4n) is 6.25. The topological polar surface area (TPSA) is 90.0 Å². The van der Waals surface area contributed by atoms with Crippen LogP contribution in [0.3, 0.4) is 0 Å². The van der Waals surface area contributed by atoms with Crippen LogP contribution in [0, 0.1) is 11.8 Å². The minimum Gasteiger partial charge on any atom is -0.369 e. The Labute approximate surface area is 274 Å². The molecule has 0 bridgehead atoms. The number of anilines is 1. The van der Waals surface area contributed by atoms with E-state index < -0.39 is 6.04 Å². The van der Waals surface area contributed by atoms with Gasteiger partial charge in [-0.2, -0.15) is 0 Å². The average Bonchev–Trinajstić information content (AvgIpc) is 3.06. The Hall–Kier alpha value is -3.80. The number of rotatable bonds is 16. The van der Waals surface area contributed by atoms with Gasteiger partial charge in [0, 0.05) is 74.4 Å². The largest absolute Gasteiger partial charge is 0.369 e. The number of imide groups is 1. The van der Waals surface area contributed by atoms with E-state index in [1.165, 1.54) is 18.5 Å². The third-order valence-corrected chi connectivity index (χ3v) is 9.12. The number of Topliss-reactive ketones (excluding diaryl/α,β-unsaturated/α-hetero) is 1. The Kier molecular flexibility index (Phi) is 14.0. The number of benzene rings is 2. The first-order valence-corrected chi connectivity index (χ1v) is 17.1. The third-order valence-electron chi connectivity index (χ3n) is 9.12. The van der Waals surface area contributed by atoms with Crippen molar-refractivity contribution in [2.45, 2.75) is 90.1 Å². The molecule has 2 aromatic rings. The Morgan fingerprint density at radius 2 is 1.74 bits per heavy atom. The van der Waals surface area contributed by atoms with Crippen molar-refractivity contribution in [3.63, 3.8) is 0 Å². The highest BCUT2D eigenvalue weighted by atomic mass is 16.2. The van der Waals surface area contributed by atoms with Gasteiger partial charge in [-0.05, 0) is 81.2 Å². The van der Waals surface area contributed by atoms with E-state index in [1.807, 2.05) is 36.2 Å². The van der Waals surface area contributed by atoms with Crippen LogP contribution in [0.2, 0.25) is 0 Å². The van der Waals surface area contributed by atoms with Gasteiger partial charge in [0.05, 0.1) is 6.04 Å². The van der Waals surface area contributed by atoms with Crippen LogP contribution in [0.15, 0.2) is 42.5 Å². The van der Waals surface area contributed by atoms with Crippen molar-refractivity contribution in [1.82, 2.24) is 15.1 Å². The van der Waals surface area contributed by atoms with Crippen LogP contribution in [0.1, 0.15) is 109 Å². The van der Waals surface area contributed by atoms with Crippen molar-refractivity contribution in [2.75, 3.05) is 44.7 Å².